The van der Waals surface area contributed by atoms with E-state index in [2.05, 4.69) is 11.9 Å². The number of amides is 1. The van der Waals surface area contributed by atoms with Crippen LogP contribution in [0.5, 0.6) is 0 Å². The minimum Gasteiger partial charge on any atom is -0.402 e. The van der Waals surface area contributed by atoms with Crippen molar-refractivity contribution in [1.29, 1.82) is 0 Å². The van der Waals surface area contributed by atoms with Crippen LogP contribution in [-0.2, 0) is 4.79 Å². The zero-order valence-corrected chi connectivity index (χ0v) is 6.05. The maximum atomic E-state index is 10.7. The van der Waals surface area contributed by atoms with Crippen molar-refractivity contribution in [2.24, 2.45) is 5.73 Å². The minimum absolute atomic E-state index is 0.181. The summed E-state index contributed by atoms with van der Waals surface area (Å²) in [5.41, 5.74) is 5.74. The van der Waals surface area contributed by atoms with Gasteiger partial charge < -0.3 is 11.1 Å². The topological polar surface area (TPSA) is 55.1 Å². The maximum Gasteiger partial charge on any atom is 0.245 e. The first-order chi connectivity index (χ1) is 4.66. The molecule has 0 aliphatic rings. The molecule has 0 aromatic rings. The number of rotatable bonds is 3. The first kappa shape index (κ1) is 8.75. The Morgan fingerprint density at radius 2 is 2.40 bits per heavy atom. The average molecular weight is 140 g/mol. The van der Waals surface area contributed by atoms with Crippen molar-refractivity contribution in [3.8, 4) is 0 Å². The van der Waals surface area contributed by atoms with Gasteiger partial charge in [0.05, 0.1) is 0 Å². The molecule has 1 amide bonds. The van der Waals surface area contributed by atoms with Gasteiger partial charge in [-0.3, -0.25) is 4.79 Å². The normalized spacial score (nSPS) is 10.7. The van der Waals surface area contributed by atoms with Gasteiger partial charge in [-0.1, -0.05) is 6.08 Å². The van der Waals surface area contributed by atoms with Gasteiger partial charge in [-0.25, -0.2) is 0 Å². The molecule has 3 nitrogen and oxygen atoms in total. The SMILES string of the molecule is C=CCNC(=O)/C=C(/C)N. The molecule has 56 valence electrons. The van der Waals surface area contributed by atoms with Gasteiger partial charge in [0.1, 0.15) is 0 Å². The monoisotopic (exact) mass is 140 g/mol. The highest BCUT2D eigenvalue weighted by Gasteiger charge is 1.90. The number of carbonyl (C=O) groups excluding carboxylic acids is 1. The average Bonchev–Trinajstić information content (AvgIpc) is 1.82. The van der Waals surface area contributed by atoms with Crippen molar-refractivity contribution in [3.05, 3.63) is 24.4 Å². The molecule has 10 heavy (non-hydrogen) atoms. The van der Waals surface area contributed by atoms with E-state index in [1.165, 1.54) is 6.08 Å². The molecule has 0 saturated carbocycles. The Kier molecular flexibility index (Phi) is 4.04. The molecule has 0 bridgehead atoms. The standard InChI is InChI=1S/C7H12N2O/c1-3-4-9-7(10)5-6(2)8/h3,5H,1,4,8H2,2H3,(H,9,10)/b6-5-. The molecule has 0 aliphatic heterocycles. The largest absolute Gasteiger partial charge is 0.402 e. The smallest absolute Gasteiger partial charge is 0.245 e. The van der Waals surface area contributed by atoms with E-state index in [1.54, 1.807) is 13.0 Å². The minimum atomic E-state index is -0.181. The fourth-order valence-electron chi connectivity index (χ4n) is 0.431. The van der Waals surface area contributed by atoms with Gasteiger partial charge in [-0.05, 0) is 6.92 Å². The van der Waals surface area contributed by atoms with Crippen LogP contribution < -0.4 is 11.1 Å². The summed E-state index contributed by atoms with van der Waals surface area (Å²) in [6.07, 6.45) is 2.95. The third-order valence-corrected chi connectivity index (χ3v) is 0.779. The van der Waals surface area contributed by atoms with Crippen LogP contribution in [0.1, 0.15) is 6.92 Å². The molecule has 0 atom stereocenters. The summed E-state index contributed by atoms with van der Waals surface area (Å²) >= 11 is 0. The van der Waals surface area contributed by atoms with Crippen LogP contribution in [0.25, 0.3) is 0 Å². The molecule has 3 N–H and O–H groups in total. The number of allylic oxidation sites excluding steroid dienone is 1. The van der Waals surface area contributed by atoms with Gasteiger partial charge in [0.25, 0.3) is 0 Å². The highest BCUT2D eigenvalue weighted by atomic mass is 16.1. The zero-order valence-electron chi connectivity index (χ0n) is 6.05. The second-order valence-electron chi connectivity index (χ2n) is 1.92. The van der Waals surface area contributed by atoms with Gasteiger partial charge in [0.2, 0.25) is 5.91 Å². The Morgan fingerprint density at radius 1 is 1.80 bits per heavy atom. The van der Waals surface area contributed by atoms with Gasteiger partial charge in [-0.15, -0.1) is 6.58 Å². The Balaban J connectivity index is 3.64. The molecule has 0 rings (SSSR count). The van der Waals surface area contributed by atoms with Gasteiger partial charge >= 0.3 is 0 Å². The second kappa shape index (κ2) is 4.61. The van der Waals surface area contributed by atoms with Crippen LogP contribution in [0.15, 0.2) is 24.4 Å². The van der Waals surface area contributed by atoms with E-state index in [0.717, 1.165) is 0 Å². The predicted octanol–water partition coefficient (Wildman–Crippen LogP) is 0.151. The van der Waals surface area contributed by atoms with Gasteiger partial charge in [0, 0.05) is 18.3 Å². The quantitative estimate of drug-likeness (QED) is 0.433. The van der Waals surface area contributed by atoms with Gasteiger partial charge in [0.15, 0.2) is 0 Å². The highest BCUT2D eigenvalue weighted by Crippen LogP contribution is 1.78. The summed E-state index contributed by atoms with van der Waals surface area (Å²) in [7, 11) is 0. The fraction of sp³-hybridized carbons (Fsp3) is 0.286. The lowest BCUT2D eigenvalue weighted by Gasteiger charge is -1.95. The summed E-state index contributed by atoms with van der Waals surface area (Å²) in [5.74, 6) is -0.181. The maximum absolute atomic E-state index is 10.7. The van der Waals surface area contributed by atoms with E-state index in [4.69, 9.17) is 5.73 Å². The fourth-order valence-corrected chi connectivity index (χ4v) is 0.431. The van der Waals surface area contributed by atoms with Crippen LogP contribution in [0.3, 0.4) is 0 Å². The first-order valence-corrected chi connectivity index (χ1v) is 2.99. The Bertz CT molecular complexity index is 157. The van der Waals surface area contributed by atoms with Crippen LogP contribution in [-0.4, -0.2) is 12.5 Å². The summed E-state index contributed by atoms with van der Waals surface area (Å²) in [6.45, 7) is 5.58. The molecule has 0 spiro atoms. The third kappa shape index (κ3) is 4.90. The lowest BCUT2D eigenvalue weighted by atomic mass is 10.4. The number of hydrogen-bond donors (Lipinski definition) is 2. The molecular weight excluding hydrogens is 128 g/mol. The molecule has 3 heteroatoms. The van der Waals surface area contributed by atoms with E-state index in [0.29, 0.717) is 12.2 Å². The Labute approximate surface area is 60.6 Å². The number of nitrogens with two attached hydrogens (primary N) is 1. The number of carbonyl (C=O) groups is 1. The van der Waals surface area contributed by atoms with E-state index in [-0.39, 0.29) is 5.91 Å². The Morgan fingerprint density at radius 3 is 2.80 bits per heavy atom. The molecule has 0 aliphatic carbocycles. The third-order valence-electron chi connectivity index (χ3n) is 0.779. The number of hydrogen-bond acceptors (Lipinski definition) is 2. The van der Waals surface area contributed by atoms with E-state index in [9.17, 15) is 4.79 Å². The van der Waals surface area contributed by atoms with E-state index in [1.807, 2.05) is 0 Å². The molecule has 0 aromatic heterocycles. The van der Waals surface area contributed by atoms with Crippen LogP contribution in [0, 0.1) is 0 Å². The van der Waals surface area contributed by atoms with Gasteiger partial charge in [-0.2, -0.15) is 0 Å². The second-order valence-corrected chi connectivity index (χ2v) is 1.92. The summed E-state index contributed by atoms with van der Waals surface area (Å²) in [5, 5.41) is 2.55. The lowest BCUT2D eigenvalue weighted by Crippen LogP contribution is -2.21. The number of nitrogens with one attached hydrogen (secondary N) is 1. The van der Waals surface area contributed by atoms with Crippen molar-refractivity contribution in [3.63, 3.8) is 0 Å². The predicted molar refractivity (Wildman–Crippen MR) is 41.2 cm³/mol. The molecule has 0 saturated heterocycles. The van der Waals surface area contributed by atoms with Crippen molar-refractivity contribution in [1.82, 2.24) is 5.32 Å². The first-order valence-electron chi connectivity index (χ1n) is 2.99. The van der Waals surface area contributed by atoms with Crippen molar-refractivity contribution >= 4 is 5.91 Å². The molecule has 0 aromatic carbocycles. The van der Waals surface area contributed by atoms with Crippen molar-refractivity contribution in [2.75, 3.05) is 6.54 Å². The molecular formula is C7H12N2O. The lowest BCUT2D eigenvalue weighted by molar-refractivity contribution is -0.116. The zero-order chi connectivity index (χ0) is 7.98. The van der Waals surface area contributed by atoms with Crippen LogP contribution >= 0.6 is 0 Å². The summed E-state index contributed by atoms with van der Waals surface area (Å²) in [4.78, 5) is 10.7. The molecule has 0 radical (unpaired) electrons. The molecule has 0 unspecified atom stereocenters. The molecule has 0 fully saturated rings. The van der Waals surface area contributed by atoms with Crippen LogP contribution in [0.4, 0.5) is 0 Å². The highest BCUT2D eigenvalue weighted by molar-refractivity contribution is 5.88. The van der Waals surface area contributed by atoms with Crippen molar-refractivity contribution in [2.45, 2.75) is 6.92 Å². The van der Waals surface area contributed by atoms with E-state index < -0.39 is 0 Å². The van der Waals surface area contributed by atoms with Crippen LogP contribution in [0.2, 0.25) is 0 Å². The van der Waals surface area contributed by atoms with E-state index >= 15 is 0 Å². The van der Waals surface area contributed by atoms with Crippen molar-refractivity contribution < 1.29 is 4.79 Å². The summed E-state index contributed by atoms with van der Waals surface area (Å²) in [6, 6.07) is 0. The Hall–Kier alpha value is -1.25. The summed E-state index contributed by atoms with van der Waals surface area (Å²) < 4.78 is 0. The molecule has 0 heterocycles.